The molecule has 0 bridgehead atoms. The largest absolute Gasteiger partial charge is 0.377 e. The second-order valence-electron chi connectivity index (χ2n) is 9.90. The van der Waals surface area contributed by atoms with Crippen LogP contribution in [0, 0.1) is 12.8 Å². The Hall–Kier alpha value is -3.72. The van der Waals surface area contributed by atoms with Crippen LogP contribution in [0.25, 0.3) is 22.5 Å². The average molecular weight is 487 g/mol. The first-order valence-electron chi connectivity index (χ1n) is 12.6. The molecular formula is C27H30N6O3. The number of fused-ring (bicyclic) bond motifs is 1. The number of anilines is 1. The Balaban J connectivity index is 1.36. The van der Waals surface area contributed by atoms with Crippen LogP contribution in [0.3, 0.4) is 0 Å². The van der Waals surface area contributed by atoms with Gasteiger partial charge in [-0.15, -0.1) is 0 Å². The first kappa shape index (κ1) is 22.7. The number of hydrogen-bond acceptors (Lipinski definition) is 6. The molecule has 3 aromatic rings. The summed E-state index contributed by atoms with van der Waals surface area (Å²) in [7, 11) is 0. The number of carbonyl (C=O) groups is 2. The number of nitrogens with one attached hydrogen (secondary N) is 3. The molecule has 3 N–H and O–H groups in total. The molecule has 1 aliphatic carbocycles. The Bertz CT molecular complexity index is 1370. The van der Waals surface area contributed by atoms with Gasteiger partial charge in [0.25, 0.3) is 5.91 Å². The van der Waals surface area contributed by atoms with E-state index < -0.39 is 0 Å². The molecule has 0 spiro atoms. The number of benzene rings is 1. The van der Waals surface area contributed by atoms with Gasteiger partial charge >= 0.3 is 0 Å². The summed E-state index contributed by atoms with van der Waals surface area (Å²) in [5.41, 5.74) is 6.30. The van der Waals surface area contributed by atoms with Gasteiger partial charge in [-0.05, 0) is 49.5 Å². The van der Waals surface area contributed by atoms with E-state index in [0.29, 0.717) is 50.1 Å². The molecule has 1 saturated carbocycles. The van der Waals surface area contributed by atoms with Crippen molar-refractivity contribution in [2.75, 3.05) is 31.6 Å². The molecule has 2 amide bonds. The van der Waals surface area contributed by atoms with Gasteiger partial charge < -0.3 is 20.7 Å². The van der Waals surface area contributed by atoms with Crippen molar-refractivity contribution in [3.05, 3.63) is 53.5 Å². The summed E-state index contributed by atoms with van der Waals surface area (Å²) in [4.78, 5) is 33.9. The van der Waals surface area contributed by atoms with E-state index in [1.807, 2.05) is 37.5 Å². The zero-order valence-corrected chi connectivity index (χ0v) is 20.3. The van der Waals surface area contributed by atoms with Crippen molar-refractivity contribution >= 4 is 28.9 Å². The van der Waals surface area contributed by atoms with Crippen LogP contribution in [0.5, 0.6) is 0 Å². The number of ether oxygens (including phenoxy) is 1. The summed E-state index contributed by atoms with van der Waals surface area (Å²) in [6.45, 7) is 4.53. The minimum Gasteiger partial charge on any atom is -0.377 e. The lowest BCUT2D eigenvalue weighted by atomic mass is 10.0. The fourth-order valence-electron chi connectivity index (χ4n) is 4.85. The number of nitrogens with zero attached hydrogens (tertiary/aromatic N) is 3. The molecular weight excluding hydrogens is 456 g/mol. The molecule has 1 atom stereocenters. The summed E-state index contributed by atoms with van der Waals surface area (Å²) < 4.78 is 7.57. The van der Waals surface area contributed by atoms with Gasteiger partial charge in [0.05, 0.1) is 30.8 Å². The molecule has 2 aromatic heterocycles. The second-order valence-corrected chi connectivity index (χ2v) is 9.90. The van der Waals surface area contributed by atoms with Gasteiger partial charge in [0.1, 0.15) is 0 Å². The molecule has 2 fully saturated rings. The Morgan fingerprint density at radius 3 is 2.92 bits per heavy atom. The van der Waals surface area contributed by atoms with E-state index in [-0.39, 0.29) is 17.7 Å². The summed E-state index contributed by atoms with van der Waals surface area (Å²) >= 11 is 0. The third-order valence-electron chi connectivity index (χ3n) is 7.08. The minimum absolute atomic E-state index is 0.0102. The number of amides is 2. The zero-order chi connectivity index (χ0) is 24.6. The van der Waals surface area contributed by atoms with E-state index in [0.717, 1.165) is 53.0 Å². The third-order valence-corrected chi connectivity index (χ3v) is 7.08. The quantitative estimate of drug-likeness (QED) is 0.474. The lowest BCUT2D eigenvalue weighted by molar-refractivity contribution is -0.119. The van der Waals surface area contributed by atoms with E-state index >= 15 is 0 Å². The molecule has 9 heteroatoms. The van der Waals surface area contributed by atoms with Crippen molar-refractivity contribution in [1.29, 1.82) is 0 Å². The van der Waals surface area contributed by atoms with Crippen LogP contribution in [-0.2, 0) is 9.53 Å². The monoisotopic (exact) mass is 486 g/mol. The predicted molar refractivity (Wildman–Crippen MR) is 137 cm³/mol. The van der Waals surface area contributed by atoms with Gasteiger partial charge in [-0.3, -0.25) is 14.0 Å². The number of carbonyl (C=O) groups excluding carboxylic acids is 2. The first-order valence-corrected chi connectivity index (χ1v) is 12.6. The maximum Gasteiger partial charge on any atom is 0.251 e. The summed E-state index contributed by atoms with van der Waals surface area (Å²) in [5.74, 6) is 0.997. The van der Waals surface area contributed by atoms with Gasteiger partial charge in [-0.25, -0.2) is 9.97 Å². The second kappa shape index (κ2) is 9.39. The van der Waals surface area contributed by atoms with Crippen LogP contribution >= 0.6 is 0 Å². The molecule has 1 saturated heterocycles. The predicted octanol–water partition coefficient (Wildman–Crippen LogP) is 2.95. The molecule has 0 radical (unpaired) electrons. The van der Waals surface area contributed by atoms with Gasteiger partial charge in [0, 0.05) is 48.8 Å². The van der Waals surface area contributed by atoms with Crippen molar-refractivity contribution in [3.8, 4) is 11.3 Å². The van der Waals surface area contributed by atoms with Crippen LogP contribution in [0.2, 0.25) is 0 Å². The van der Waals surface area contributed by atoms with Crippen molar-refractivity contribution in [2.45, 2.75) is 38.6 Å². The summed E-state index contributed by atoms with van der Waals surface area (Å²) in [6.07, 6.45) is 9.40. The van der Waals surface area contributed by atoms with Gasteiger partial charge in [0.2, 0.25) is 5.91 Å². The third kappa shape index (κ3) is 4.58. The highest BCUT2D eigenvalue weighted by Crippen LogP contribution is 2.29. The number of rotatable bonds is 7. The molecule has 3 aliphatic rings. The zero-order valence-electron chi connectivity index (χ0n) is 20.3. The van der Waals surface area contributed by atoms with Crippen LogP contribution in [-0.4, -0.2) is 58.5 Å². The highest BCUT2D eigenvalue weighted by atomic mass is 16.5. The highest BCUT2D eigenvalue weighted by Gasteiger charge is 2.25. The maximum atomic E-state index is 12.6. The minimum atomic E-state index is -0.0102. The number of aryl methyl sites for hydroxylation is 1. The van der Waals surface area contributed by atoms with Gasteiger partial charge in [-0.1, -0.05) is 12.1 Å². The van der Waals surface area contributed by atoms with Crippen LogP contribution in [0.1, 0.15) is 47.3 Å². The van der Waals surface area contributed by atoms with Crippen molar-refractivity contribution in [2.24, 2.45) is 5.92 Å². The molecule has 36 heavy (non-hydrogen) atoms. The van der Waals surface area contributed by atoms with E-state index in [9.17, 15) is 9.59 Å². The topological polar surface area (TPSA) is 110 Å². The smallest absolute Gasteiger partial charge is 0.251 e. The van der Waals surface area contributed by atoms with Crippen molar-refractivity contribution in [3.63, 3.8) is 0 Å². The summed E-state index contributed by atoms with van der Waals surface area (Å²) in [6, 6.07) is 6.25. The molecule has 1 unspecified atom stereocenters. The first-order chi connectivity index (χ1) is 17.5. The van der Waals surface area contributed by atoms with E-state index in [2.05, 4.69) is 26.4 Å². The lowest BCUT2D eigenvalue weighted by Crippen LogP contribution is -2.26. The summed E-state index contributed by atoms with van der Waals surface area (Å²) in [5, 5.41) is 9.42. The number of hydrogen-bond donors (Lipinski definition) is 3. The highest BCUT2D eigenvalue weighted by molar-refractivity contribution is 5.96. The lowest BCUT2D eigenvalue weighted by Gasteiger charge is -2.17. The number of imidazole rings is 1. The van der Waals surface area contributed by atoms with Crippen molar-refractivity contribution < 1.29 is 14.3 Å². The van der Waals surface area contributed by atoms with Crippen LogP contribution in [0.15, 0.2) is 36.7 Å². The Labute approximate surface area is 209 Å². The fraction of sp³-hybridized carbons (Fsp3) is 0.407. The SMILES string of the molecule is Cc1cc(-c2cnc3c(NCC4CNC(=O)C4)nc(C4=CCOCC4)cn23)ccc1C(=O)NC1CC1. The van der Waals surface area contributed by atoms with Crippen molar-refractivity contribution in [1.82, 2.24) is 25.0 Å². The molecule has 186 valence electrons. The van der Waals surface area contributed by atoms with E-state index in [1.165, 1.54) is 0 Å². The van der Waals surface area contributed by atoms with Gasteiger partial charge in [-0.2, -0.15) is 0 Å². The molecule has 2 aliphatic heterocycles. The normalized spacial score (nSPS) is 19.8. The van der Waals surface area contributed by atoms with Crippen LogP contribution in [0.4, 0.5) is 5.82 Å². The number of aromatic nitrogens is 3. The van der Waals surface area contributed by atoms with Crippen LogP contribution < -0.4 is 16.0 Å². The fourth-order valence-corrected chi connectivity index (χ4v) is 4.85. The Morgan fingerprint density at radius 1 is 1.31 bits per heavy atom. The van der Waals surface area contributed by atoms with E-state index in [4.69, 9.17) is 14.7 Å². The molecule has 9 nitrogen and oxygen atoms in total. The van der Waals surface area contributed by atoms with E-state index in [1.54, 1.807) is 0 Å². The maximum absolute atomic E-state index is 12.6. The molecule has 6 rings (SSSR count). The standard InChI is InChI=1S/C27H30N6O3/c1-16-10-19(2-5-21(16)27(35)31-20-3-4-20)23-14-30-26-25(29-13-17-11-24(34)28-12-17)32-22(15-33(23)26)18-6-8-36-9-7-18/h2,5-6,10,14-15,17,20H,3-4,7-9,11-13H2,1H3,(H,28,34)(H,29,32)(H,31,35). The molecule has 1 aromatic carbocycles. The average Bonchev–Trinajstić information content (AvgIpc) is 3.43. The van der Waals surface area contributed by atoms with Gasteiger partial charge in [0.15, 0.2) is 11.5 Å². The Kier molecular flexibility index (Phi) is 5.92. The Morgan fingerprint density at radius 2 is 2.19 bits per heavy atom. The molecule has 4 heterocycles.